The summed E-state index contributed by atoms with van der Waals surface area (Å²) in [6.45, 7) is 4.00. The van der Waals surface area contributed by atoms with E-state index in [9.17, 15) is 26.3 Å². The molecule has 2 aromatic heterocycles. The van der Waals surface area contributed by atoms with Crippen LogP contribution in [0.1, 0.15) is 35.0 Å². The maximum absolute atomic E-state index is 12.2. The predicted octanol–water partition coefficient (Wildman–Crippen LogP) is 8.64. The van der Waals surface area contributed by atoms with Gasteiger partial charge in [0.05, 0.1) is 20.4 Å². The second-order valence-corrected chi connectivity index (χ2v) is 9.59. The summed E-state index contributed by atoms with van der Waals surface area (Å²) in [7, 11) is 0. The second-order valence-electron chi connectivity index (χ2n) is 7.47. The van der Waals surface area contributed by atoms with Crippen molar-refractivity contribution in [3.8, 4) is 0 Å². The van der Waals surface area contributed by atoms with Crippen LogP contribution in [0.25, 0.3) is 32.6 Å². The maximum Gasteiger partial charge on any atom is 0.448 e. The number of alkyl halides is 6. The van der Waals surface area contributed by atoms with Crippen molar-refractivity contribution in [3.05, 3.63) is 69.1 Å². The van der Waals surface area contributed by atoms with E-state index in [1.807, 2.05) is 38.1 Å². The van der Waals surface area contributed by atoms with Crippen molar-refractivity contribution < 1.29 is 53.3 Å². The maximum atomic E-state index is 12.2. The number of thiazole rings is 2. The minimum Gasteiger partial charge on any atom is -0.504 e. The molecule has 0 amide bonds. The average molecular weight is 605 g/mol. The minimum absolute atomic E-state index is 0. The van der Waals surface area contributed by atoms with Gasteiger partial charge in [0.15, 0.2) is 0 Å². The molecule has 0 aliphatic heterocycles. The van der Waals surface area contributed by atoms with Gasteiger partial charge in [0.2, 0.25) is 11.5 Å². The summed E-state index contributed by atoms with van der Waals surface area (Å²) in [5, 5.41) is 18.0. The molecule has 0 saturated carbocycles. The Morgan fingerprint density at radius 3 is 1.38 bits per heavy atom. The van der Waals surface area contributed by atoms with E-state index in [4.69, 9.17) is 10.2 Å². The summed E-state index contributed by atoms with van der Waals surface area (Å²) in [5.41, 5.74) is 3.47. The third-order valence-corrected chi connectivity index (χ3v) is 6.79. The standard InChI is InChI=1S/2C12H10F3NOS.Co/c2*1-2-7-3-4-8-9(5-7)18-11(16-8)6-10(17)12(13,14)15;/h2*3-6,17H,2H2,1H3;/b2*10-6-;. The molecule has 0 saturated heterocycles. The number of aromatic nitrogens is 2. The zero-order valence-corrected chi connectivity index (χ0v) is 21.9. The van der Waals surface area contributed by atoms with E-state index < -0.39 is 23.9 Å². The Balaban J connectivity index is 0.000000253. The summed E-state index contributed by atoms with van der Waals surface area (Å²) in [5.74, 6) is -3.26. The molecule has 0 bridgehead atoms. The van der Waals surface area contributed by atoms with Crippen molar-refractivity contribution in [2.24, 2.45) is 0 Å². The van der Waals surface area contributed by atoms with E-state index in [1.54, 1.807) is 12.1 Å². The fraction of sp³-hybridized carbons (Fsp3) is 0.250. The first-order chi connectivity index (χ1) is 16.8. The third kappa shape index (κ3) is 8.19. The molecule has 37 heavy (non-hydrogen) atoms. The first-order valence-electron chi connectivity index (χ1n) is 10.5. The quantitative estimate of drug-likeness (QED) is 0.181. The average Bonchev–Trinajstić information content (AvgIpc) is 3.39. The van der Waals surface area contributed by atoms with Crippen LogP contribution in [0, 0.1) is 0 Å². The number of halogens is 6. The smallest absolute Gasteiger partial charge is 0.448 e. The second kappa shape index (κ2) is 12.3. The molecule has 2 heterocycles. The molecule has 1 radical (unpaired) electrons. The summed E-state index contributed by atoms with van der Waals surface area (Å²) >= 11 is 2.25. The zero-order valence-electron chi connectivity index (χ0n) is 19.2. The number of aliphatic hydroxyl groups excluding tert-OH is 2. The number of rotatable bonds is 4. The van der Waals surface area contributed by atoms with Crippen LogP contribution in [0.15, 0.2) is 47.9 Å². The largest absolute Gasteiger partial charge is 0.504 e. The van der Waals surface area contributed by atoms with E-state index in [-0.39, 0.29) is 26.8 Å². The normalized spacial score (nSPS) is 12.9. The first kappa shape index (κ1) is 30.6. The van der Waals surface area contributed by atoms with Gasteiger partial charge < -0.3 is 10.2 Å². The van der Waals surface area contributed by atoms with Crippen LogP contribution in [0.2, 0.25) is 0 Å². The van der Waals surface area contributed by atoms with Crippen molar-refractivity contribution in [1.29, 1.82) is 0 Å². The summed E-state index contributed by atoms with van der Waals surface area (Å²) in [6.07, 6.45) is -6.45. The van der Waals surface area contributed by atoms with E-state index >= 15 is 0 Å². The van der Waals surface area contributed by atoms with Gasteiger partial charge in [-0.3, -0.25) is 0 Å². The topological polar surface area (TPSA) is 66.2 Å². The van der Waals surface area contributed by atoms with Gasteiger partial charge in [0, 0.05) is 28.9 Å². The zero-order chi connectivity index (χ0) is 26.7. The molecule has 2 N–H and O–H groups in total. The van der Waals surface area contributed by atoms with Gasteiger partial charge >= 0.3 is 12.4 Å². The van der Waals surface area contributed by atoms with Crippen molar-refractivity contribution in [2.45, 2.75) is 39.0 Å². The van der Waals surface area contributed by atoms with Crippen molar-refractivity contribution >= 4 is 55.3 Å². The molecule has 2 aromatic carbocycles. The Morgan fingerprint density at radius 1 is 0.730 bits per heavy atom. The molecule has 0 aliphatic rings. The summed E-state index contributed by atoms with van der Waals surface area (Å²) in [6, 6.07) is 11.1. The van der Waals surface area contributed by atoms with Gasteiger partial charge in [-0.15, -0.1) is 22.7 Å². The van der Waals surface area contributed by atoms with Crippen LogP contribution in [0.4, 0.5) is 26.3 Å². The van der Waals surface area contributed by atoms with E-state index in [1.165, 1.54) is 0 Å². The fourth-order valence-corrected chi connectivity index (χ4v) is 4.87. The number of hydrogen-bond donors (Lipinski definition) is 2. The summed E-state index contributed by atoms with van der Waals surface area (Å²) in [4.78, 5) is 8.05. The van der Waals surface area contributed by atoms with E-state index in [2.05, 4.69) is 9.97 Å². The van der Waals surface area contributed by atoms with Gasteiger partial charge in [-0.25, -0.2) is 9.97 Å². The molecule has 13 heteroatoms. The number of allylic oxidation sites excluding steroid dienone is 2. The monoisotopic (exact) mass is 605 g/mol. The fourth-order valence-electron chi connectivity index (χ4n) is 2.93. The Bertz CT molecular complexity index is 1320. The molecule has 0 unspecified atom stereocenters. The van der Waals surface area contributed by atoms with Crippen LogP contribution in [0.3, 0.4) is 0 Å². The van der Waals surface area contributed by atoms with Crippen LogP contribution in [-0.2, 0) is 29.6 Å². The molecule has 0 spiro atoms. The Hall–Kier alpha value is -2.61. The van der Waals surface area contributed by atoms with E-state index in [0.29, 0.717) is 23.2 Å². The van der Waals surface area contributed by atoms with Gasteiger partial charge in [-0.1, -0.05) is 26.0 Å². The molecule has 201 valence electrons. The van der Waals surface area contributed by atoms with Crippen molar-refractivity contribution in [2.75, 3.05) is 0 Å². The first-order valence-corrected chi connectivity index (χ1v) is 12.2. The molecule has 0 atom stereocenters. The van der Waals surface area contributed by atoms with Crippen LogP contribution in [0.5, 0.6) is 0 Å². The van der Waals surface area contributed by atoms with Gasteiger partial charge in [0.25, 0.3) is 0 Å². The number of aryl methyl sites for hydroxylation is 2. The Kier molecular flexibility index (Phi) is 10.2. The number of aliphatic hydroxyl groups is 2. The van der Waals surface area contributed by atoms with Gasteiger partial charge in [0.1, 0.15) is 10.0 Å². The number of fused-ring (bicyclic) bond motifs is 2. The van der Waals surface area contributed by atoms with Crippen LogP contribution in [-0.4, -0.2) is 32.5 Å². The Morgan fingerprint density at radius 2 is 1.08 bits per heavy atom. The minimum atomic E-state index is -4.73. The van der Waals surface area contributed by atoms with Gasteiger partial charge in [-0.05, 0) is 48.2 Å². The van der Waals surface area contributed by atoms with E-state index in [0.717, 1.165) is 56.0 Å². The number of nitrogens with zero attached hydrogens (tertiary/aromatic N) is 2. The molecular weight excluding hydrogens is 585 g/mol. The molecule has 0 fully saturated rings. The van der Waals surface area contributed by atoms with Crippen LogP contribution < -0.4 is 0 Å². The number of benzene rings is 2. The molecule has 4 rings (SSSR count). The van der Waals surface area contributed by atoms with Gasteiger partial charge in [-0.2, -0.15) is 26.3 Å². The van der Waals surface area contributed by atoms with Crippen molar-refractivity contribution in [3.63, 3.8) is 0 Å². The Labute approximate surface area is 226 Å². The SMILES string of the molecule is CCc1ccc2nc(/C=C(\O)C(F)(F)F)sc2c1.CCc1ccc2nc(/C=C(\O)C(F)(F)F)sc2c1.[Co]. The molecule has 4 nitrogen and oxygen atoms in total. The van der Waals surface area contributed by atoms with Crippen molar-refractivity contribution in [1.82, 2.24) is 9.97 Å². The molecule has 0 aliphatic carbocycles. The van der Waals surface area contributed by atoms with Crippen LogP contribution >= 0.6 is 22.7 Å². The third-order valence-electron chi connectivity index (χ3n) is 4.86. The number of hydrogen-bond acceptors (Lipinski definition) is 6. The molecular formula is C24H20CoF6N2O2S2. The predicted molar refractivity (Wildman–Crippen MR) is 131 cm³/mol. The molecule has 4 aromatic rings. The summed E-state index contributed by atoms with van der Waals surface area (Å²) < 4.78 is 74.6.